The van der Waals surface area contributed by atoms with Gasteiger partial charge in [-0.15, -0.1) is 0 Å². The molecule has 0 aromatic carbocycles. The zero-order chi connectivity index (χ0) is 8.93. The lowest BCUT2D eigenvalue weighted by Crippen LogP contribution is -2.27. The first-order chi connectivity index (χ1) is 5.49. The summed E-state index contributed by atoms with van der Waals surface area (Å²) in [7, 11) is 0. The summed E-state index contributed by atoms with van der Waals surface area (Å²) in [6.45, 7) is 7.97. The molecule has 12 heavy (non-hydrogen) atoms. The first-order valence-corrected chi connectivity index (χ1v) is 4.51. The fourth-order valence-electron chi connectivity index (χ4n) is 2.04. The van der Waals surface area contributed by atoms with Crippen molar-refractivity contribution in [2.75, 3.05) is 0 Å². The third-order valence-corrected chi connectivity index (χ3v) is 2.52. The van der Waals surface area contributed by atoms with Gasteiger partial charge in [0.15, 0.2) is 5.79 Å². The summed E-state index contributed by atoms with van der Waals surface area (Å²) >= 11 is 0. The number of ether oxygens (including phenoxy) is 3. The quantitative estimate of drug-likeness (QED) is 0.551. The number of hydrogen-bond acceptors (Lipinski definition) is 3. The monoisotopic (exact) mass is 172 g/mol. The molecule has 0 aromatic rings. The average molecular weight is 172 g/mol. The lowest BCUT2D eigenvalue weighted by atomic mass is 10.1. The van der Waals surface area contributed by atoms with Crippen molar-refractivity contribution in [3.8, 4) is 0 Å². The van der Waals surface area contributed by atoms with Gasteiger partial charge in [0.25, 0.3) is 0 Å². The summed E-state index contributed by atoms with van der Waals surface area (Å²) in [4.78, 5) is 0. The second-order valence-electron chi connectivity index (χ2n) is 4.11. The lowest BCUT2D eigenvalue weighted by molar-refractivity contribution is -0.183. The van der Waals surface area contributed by atoms with Crippen molar-refractivity contribution in [3.05, 3.63) is 0 Å². The summed E-state index contributed by atoms with van der Waals surface area (Å²) in [5.74, 6) is -0.429. The Morgan fingerprint density at radius 3 is 1.75 bits per heavy atom. The van der Waals surface area contributed by atoms with Gasteiger partial charge in [-0.25, -0.2) is 0 Å². The van der Waals surface area contributed by atoms with Gasteiger partial charge in [0.05, 0.1) is 12.2 Å². The SMILES string of the molecule is CC1O[C@H](C)[C@H]2OC(C)(C)OC12. The van der Waals surface area contributed by atoms with Crippen LogP contribution in [-0.2, 0) is 14.2 Å². The molecule has 2 saturated heterocycles. The smallest absolute Gasteiger partial charge is 0.164 e. The van der Waals surface area contributed by atoms with Gasteiger partial charge in [-0.05, 0) is 27.7 Å². The minimum Gasteiger partial charge on any atom is -0.370 e. The topological polar surface area (TPSA) is 27.7 Å². The second kappa shape index (κ2) is 2.44. The maximum Gasteiger partial charge on any atom is 0.164 e. The van der Waals surface area contributed by atoms with E-state index in [1.54, 1.807) is 0 Å². The molecule has 3 nitrogen and oxygen atoms in total. The Hall–Kier alpha value is -0.120. The predicted octanol–water partition coefficient (Wildman–Crippen LogP) is 1.31. The number of rotatable bonds is 0. The molecule has 0 saturated carbocycles. The van der Waals surface area contributed by atoms with Gasteiger partial charge < -0.3 is 14.2 Å². The molecule has 2 heterocycles. The normalized spacial score (nSPS) is 51.0. The molecule has 4 atom stereocenters. The van der Waals surface area contributed by atoms with Crippen molar-refractivity contribution in [1.82, 2.24) is 0 Å². The first kappa shape index (κ1) is 8.48. The van der Waals surface area contributed by atoms with E-state index in [0.717, 1.165) is 0 Å². The highest BCUT2D eigenvalue weighted by molar-refractivity contribution is 4.94. The van der Waals surface area contributed by atoms with Crippen molar-refractivity contribution in [2.45, 2.75) is 57.9 Å². The predicted molar refractivity (Wildman–Crippen MR) is 43.8 cm³/mol. The molecular weight excluding hydrogens is 156 g/mol. The maximum absolute atomic E-state index is 5.71. The van der Waals surface area contributed by atoms with Crippen LogP contribution < -0.4 is 0 Å². The summed E-state index contributed by atoms with van der Waals surface area (Å²) in [5, 5.41) is 0. The minimum atomic E-state index is -0.429. The minimum absolute atomic E-state index is 0.120. The third kappa shape index (κ3) is 1.16. The Balaban J connectivity index is 2.15. The molecule has 0 radical (unpaired) electrons. The van der Waals surface area contributed by atoms with Crippen molar-refractivity contribution < 1.29 is 14.2 Å². The lowest BCUT2D eigenvalue weighted by Gasteiger charge is -2.21. The van der Waals surface area contributed by atoms with E-state index in [9.17, 15) is 0 Å². The van der Waals surface area contributed by atoms with Crippen LogP contribution >= 0.6 is 0 Å². The van der Waals surface area contributed by atoms with E-state index in [2.05, 4.69) is 0 Å². The Morgan fingerprint density at radius 2 is 1.33 bits per heavy atom. The van der Waals surface area contributed by atoms with Gasteiger partial charge in [0.2, 0.25) is 0 Å². The van der Waals surface area contributed by atoms with E-state index in [4.69, 9.17) is 14.2 Å². The van der Waals surface area contributed by atoms with Crippen LogP contribution in [0.3, 0.4) is 0 Å². The highest BCUT2D eigenvalue weighted by atomic mass is 16.8. The molecule has 70 valence electrons. The standard InChI is InChI=1S/C9H16O3/c1-5-7-8(6(2)10-5)12-9(3,4)11-7/h5-8H,1-4H3/t5-,6?,7-,8?/m1/s1. The van der Waals surface area contributed by atoms with E-state index in [0.29, 0.717) is 0 Å². The highest BCUT2D eigenvalue weighted by Gasteiger charge is 2.51. The molecule has 0 bridgehead atoms. The van der Waals surface area contributed by atoms with Crippen LogP contribution in [0.5, 0.6) is 0 Å². The molecular formula is C9H16O3. The molecule has 2 fully saturated rings. The first-order valence-electron chi connectivity index (χ1n) is 4.51. The van der Waals surface area contributed by atoms with Crippen molar-refractivity contribution in [1.29, 1.82) is 0 Å². The molecule has 2 aliphatic rings. The van der Waals surface area contributed by atoms with Gasteiger partial charge >= 0.3 is 0 Å². The number of fused-ring (bicyclic) bond motifs is 1. The van der Waals surface area contributed by atoms with Crippen LogP contribution in [-0.4, -0.2) is 30.2 Å². The van der Waals surface area contributed by atoms with E-state index in [-0.39, 0.29) is 24.4 Å². The van der Waals surface area contributed by atoms with E-state index < -0.39 is 5.79 Å². The Kier molecular flexibility index (Phi) is 1.72. The second-order valence-corrected chi connectivity index (χ2v) is 4.11. The van der Waals surface area contributed by atoms with Gasteiger partial charge in [0.1, 0.15) is 12.2 Å². The molecule has 2 aliphatic heterocycles. The Bertz CT molecular complexity index is 172. The average Bonchev–Trinajstić information content (AvgIpc) is 2.34. The van der Waals surface area contributed by atoms with Crippen LogP contribution in [0.2, 0.25) is 0 Å². The van der Waals surface area contributed by atoms with Crippen LogP contribution in [0.4, 0.5) is 0 Å². The van der Waals surface area contributed by atoms with E-state index in [1.165, 1.54) is 0 Å². The van der Waals surface area contributed by atoms with Gasteiger partial charge in [-0.2, -0.15) is 0 Å². The molecule has 2 rings (SSSR count). The summed E-state index contributed by atoms with van der Waals surface area (Å²) in [5.41, 5.74) is 0. The van der Waals surface area contributed by atoms with E-state index in [1.807, 2.05) is 27.7 Å². The summed E-state index contributed by atoms with van der Waals surface area (Å²) in [6.07, 6.45) is 0.559. The van der Waals surface area contributed by atoms with Gasteiger partial charge in [0, 0.05) is 0 Å². The maximum atomic E-state index is 5.71. The molecule has 0 aliphatic carbocycles. The zero-order valence-electron chi connectivity index (χ0n) is 8.03. The zero-order valence-corrected chi connectivity index (χ0v) is 8.03. The van der Waals surface area contributed by atoms with Crippen LogP contribution in [0.1, 0.15) is 27.7 Å². The van der Waals surface area contributed by atoms with E-state index >= 15 is 0 Å². The van der Waals surface area contributed by atoms with Gasteiger partial charge in [-0.3, -0.25) is 0 Å². The molecule has 0 amide bonds. The summed E-state index contributed by atoms with van der Waals surface area (Å²) < 4.78 is 17.0. The third-order valence-electron chi connectivity index (χ3n) is 2.52. The Labute approximate surface area is 73.0 Å². The highest BCUT2D eigenvalue weighted by Crippen LogP contribution is 2.38. The fraction of sp³-hybridized carbons (Fsp3) is 1.00. The van der Waals surface area contributed by atoms with Crippen molar-refractivity contribution in [3.63, 3.8) is 0 Å². The van der Waals surface area contributed by atoms with Crippen molar-refractivity contribution >= 4 is 0 Å². The van der Waals surface area contributed by atoms with Crippen LogP contribution in [0.15, 0.2) is 0 Å². The molecule has 3 heteroatoms. The van der Waals surface area contributed by atoms with Crippen LogP contribution in [0.25, 0.3) is 0 Å². The number of hydrogen-bond donors (Lipinski definition) is 0. The Morgan fingerprint density at radius 1 is 0.917 bits per heavy atom. The van der Waals surface area contributed by atoms with Crippen LogP contribution in [0, 0.1) is 0 Å². The molecule has 0 spiro atoms. The molecule has 0 N–H and O–H groups in total. The molecule has 0 aromatic heterocycles. The summed E-state index contributed by atoms with van der Waals surface area (Å²) in [6, 6.07) is 0. The van der Waals surface area contributed by atoms with Crippen molar-refractivity contribution in [2.24, 2.45) is 0 Å². The molecule has 2 unspecified atom stereocenters. The van der Waals surface area contributed by atoms with Gasteiger partial charge in [-0.1, -0.05) is 0 Å². The fourth-order valence-corrected chi connectivity index (χ4v) is 2.04. The largest absolute Gasteiger partial charge is 0.370 e.